The molecule has 0 radical (unpaired) electrons. The predicted octanol–water partition coefficient (Wildman–Crippen LogP) is 3.43. The zero-order valence-electron chi connectivity index (χ0n) is 11.8. The summed E-state index contributed by atoms with van der Waals surface area (Å²) in [6.07, 6.45) is 1.07. The summed E-state index contributed by atoms with van der Waals surface area (Å²) >= 11 is 11.2. The number of methoxy groups -OCH3 is 1. The third-order valence-electron chi connectivity index (χ3n) is 2.65. The van der Waals surface area contributed by atoms with Crippen LogP contribution in [0, 0.1) is 0 Å². The van der Waals surface area contributed by atoms with Gasteiger partial charge in [0.1, 0.15) is 0 Å². The van der Waals surface area contributed by atoms with Gasteiger partial charge in [-0.15, -0.1) is 0 Å². The lowest BCUT2D eigenvalue weighted by atomic mass is 10.2. The number of ether oxygens (including phenoxy) is 1. The minimum Gasteiger partial charge on any atom is -0.504 e. The molecule has 0 spiro atoms. The van der Waals surface area contributed by atoms with E-state index in [9.17, 15) is 14.7 Å². The van der Waals surface area contributed by atoms with Gasteiger partial charge < -0.3 is 20.1 Å². The van der Waals surface area contributed by atoms with Gasteiger partial charge in [-0.2, -0.15) is 0 Å². The van der Waals surface area contributed by atoms with Crippen LogP contribution in [0.3, 0.4) is 0 Å². The highest BCUT2D eigenvalue weighted by atomic mass is 35.5. The normalized spacial score (nSPS) is 9.52. The Hall–Kier alpha value is -2.44. The summed E-state index contributed by atoms with van der Waals surface area (Å²) in [4.78, 5) is 20.6. The zero-order chi connectivity index (χ0) is 17.6. The third-order valence-corrected chi connectivity index (χ3v) is 3.30. The van der Waals surface area contributed by atoms with E-state index in [2.05, 4.69) is 0 Å². The van der Waals surface area contributed by atoms with Crippen molar-refractivity contribution in [1.82, 2.24) is 0 Å². The molecule has 2 aromatic carbocycles. The fourth-order valence-electron chi connectivity index (χ4n) is 1.47. The van der Waals surface area contributed by atoms with Crippen molar-refractivity contribution >= 4 is 35.8 Å². The molecule has 122 valence electrons. The molecule has 6 nitrogen and oxygen atoms in total. The third kappa shape index (κ3) is 4.77. The molecule has 8 heteroatoms. The highest BCUT2D eigenvalue weighted by molar-refractivity contribution is 6.33. The lowest BCUT2D eigenvalue weighted by molar-refractivity contribution is 0.111. The second kappa shape index (κ2) is 8.26. The van der Waals surface area contributed by atoms with Crippen LogP contribution in [0.5, 0.6) is 23.0 Å². The number of hydrogen-bond acceptors (Lipinski definition) is 6. The Morgan fingerprint density at radius 2 is 1.26 bits per heavy atom. The van der Waals surface area contributed by atoms with Gasteiger partial charge in [-0.1, -0.05) is 23.2 Å². The van der Waals surface area contributed by atoms with Gasteiger partial charge in [0.05, 0.1) is 17.2 Å². The molecule has 0 bridgehead atoms. The van der Waals surface area contributed by atoms with Crippen molar-refractivity contribution in [3.05, 3.63) is 45.4 Å². The monoisotopic (exact) mass is 358 g/mol. The summed E-state index contributed by atoms with van der Waals surface area (Å²) < 4.78 is 4.77. The lowest BCUT2D eigenvalue weighted by Crippen LogP contribution is -1.87. The average Bonchev–Trinajstić information content (AvgIpc) is 2.53. The summed E-state index contributed by atoms with van der Waals surface area (Å²) in [5.74, 6) is -0.522. The van der Waals surface area contributed by atoms with E-state index in [1.807, 2.05) is 0 Å². The first-order valence-electron chi connectivity index (χ1n) is 6.02. The minimum absolute atomic E-state index is 0.0935. The van der Waals surface area contributed by atoms with Crippen LogP contribution in [0.15, 0.2) is 24.3 Å². The average molecular weight is 359 g/mol. The number of benzene rings is 2. The molecular weight excluding hydrogens is 347 g/mol. The summed E-state index contributed by atoms with van der Waals surface area (Å²) in [6.45, 7) is 0. The molecule has 2 rings (SSSR count). The summed E-state index contributed by atoms with van der Waals surface area (Å²) in [6, 6.07) is 4.86. The van der Waals surface area contributed by atoms with Crippen LogP contribution in [-0.4, -0.2) is 35.0 Å². The smallest absolute Gasteiger partial charge is 0.162 e. The van der Waals surface area contributed by atoms with Gasteiger partial charge in [0.2, 0.25) is 0 Å². The molecule has 0 fully saturated rings. The highest BCUT2D eigenvalue weighted by Crippen LogP contribution is 2.31. The lowest BCUT2D eigenvalue weighted by Gasteiger charge is -2.04. The van der Waals surface area contributed by atoms with Crippen LogP contribution >= 0.6 is 23.2 Å². The van der Waals surface area contributed by atoms with Crippen LogP contribution in [0.25, 0.3) is 0 Å². The van der Waals surface area contributed by atoms with Crippen molar-refractivity contribution in [2.45, 2.75) is 0 Å². The van der Waals surface area contributed by atoms with Gasteiger partial charge in [0.25, 0.3) is 0 Å². The van der Waals surface area contributed by atoms with Crippen molar-refractivity contribution in [2.24, 2.45) is 0 Å². The number of phenols is 3. The molecule has 0 unspecified atom stereocenters. The number of carbonyl (C=O) groups is 2. The number of hydrogen-bond donors (Lipinski definition) is 3. The molecule has 23 heavy (non-hydrogen) atoms. The molecule has 0 aromatic heterocycles. The highest BCUT2D eigenvalue weighted by Gasteiger charge is 2.07. The van der Waals surface area contributed by atoms with Gasteiger partial charge in [-0.25, -0.2) is 0 Å². The molecule has 0 aliphatic carbocycles. The second-order valence-corrected chi connectivity index (χ2v) is 4.96. The largest absolute Gasteiger partial charge is 0.504 e. The Labute approximate surface area is 141 Å². The Kier molecular flexibility index (Phi) is 6.68. The van der Waals surface area contributed by atoms with Gasteiger partial charge in [0.15, 0.2) is 35.6 Å². The fraction of sp³-hybridized carbons (Fsp3) is 0.0667. The van der Waals surface area contributed by atoms with E-state index in [1.54, 1.807) is 0 Å². The number of halogens is 2. The van der Waals surface area contributed by atoms with Gasteiger partial charge in [-0.3, -0.25) is 9.59 Å². The van der Waals surface area contributed by atoms with Crippen LogP contribution in [0.1, 0.15) is 20.7 Å². The maximum atomic E-state index is 10.3. The van der Waals surface area contributed by atoms with Crippen molar-refractivity contribution in [1.29, 1.82) is 0 Å². The molecular formula is C15H12Cl2O6. The standard InChI is InChI=1S/C8H7ClO3.C7H5ClO3/c1-12-8-3-6(9)5(4-10)2-7(8)11;8-5-2-7(11)6(10)1-4(5)3-9/h2-4,11H,1H3;1-3,10-11H. The number of aldehydes is 2. The molecule has 2 aromatic rings. The van der Waals surface area contributed by atoms with Gasteiger partial charge in [0, 0.05) is 23.3 Å². The molecule has 0 aliphatic heterocycles. The fourth-order valence-corrected chi connectivity index (χ4v) is 1.87. The molecule has 0 saturated heterocycles. The van der Waals surface area contributed by atoms with Crippen molar-refractivity contribution in [3.8, 4) is 23.0 Å². The van der Waals surface area contributed by atoms with Crippen LogP contribution < -0.4 is 4.74 Å². The first-order valence-corrected chi connectivity index (χ1v) is 6.78. The Morgan fingerprint density at radius 1 is 0.826 bits per heavy atom. The predicted molar refractivity (Wildman–Crippen MR) is 85.2 cm³/mol. The van der Waals surface area contributed by atoms with E-state index >= 15 is 0 Å². The first kappa shape index (κ1) is 18.6. The summed E-state index contributed by atoms with van der Waals surface area (Å²) in [5, 5.41) is 27.3. The van der Waals surface area contributed by atoms with Crippen molar-refractivity contribution in [2.75, 3.05) is 7.11 Å². The summed E-state index contributed by atoms with van der Waals surface area (Å²) in [5.41, 5.74) is 0.400. The number of phenolic OH excluding ortho intramolecular Hbond substituents is 3. The molecule has 3 N–H and O–H groups in total. The van der Waals surface area contributed by atoms with E-state index in [1.165, 1.54) is 19.2 Å². The topological polar surface area (TPSA) is 104 Å². The Morgan fingerprint density at radius 3 is 1.74 bits per heavy atom. The molecule has 0 atom stereocenters. The van der Waals surface area contributed by atoms with Crippen molar-refractivity contribution < 1.29 is 29.6 Å². The van der Waals surface area contributed by atoms with Crippen LogP contribution in [0.4, 0.5) is 0 Å². The molecule has 0 amide bonds. The Balaban J connectivity index is 0.000000231. The summed E-state index contributed by atoms with van der Waals surface area (Å²) in [7, 11) is 1.41. The van der Waals surface area contributed by atoms with E-state index < -0.39 is 0 Å². The molecule has 0 saturated carbocycles. The van der Waals surface area contributed by atoms with E-state index in [-0.39, 0.29) is 44.2 Å². The number of carbonyl (C=O) groups excluding carboxylic acids is 2. The maximum Gasteiger partial charge on any atom is 0.162 e. The zero-order valence-corrected chi connectivity index (χ0v) is 13.3. The van der Waals surface area contributed by atoms with E-state index in [4.69, 9.17) is 38.2 Å². The maximum absolute atomic E-state index is 10.3. The molecule has 0 heterocycles. The van der Waals surface area contributed by atoms with Crippen LogP contribution in [-0.2, 0) is 0 Å². The van der Waals surface area contributed by atoms with E-state index in [0.29, 0.717) is 12.6 Å². The molecule has 0 aliphatic rings. The minimum atomic E-state index is -0.350. The SMILES string of the molecule is COc1cc(Cl)c(C=O)cc1O.O=Cc1cc(O)c(O)cc1Cl. The Bertz CT molecular complexity index is 730. The first-order chi connectivity index (χ1) is 10.8. The van der Waals surface area contributed by atoms with E-state index in [0.717, 1.165) is 12.1 Å². The van der Waals surface area contributed by atoms with Crippen LogP contribution in [0.2, 0.25) is 10.0 Å². The second-order valence-electron chi connectivity index (χ2n) is 4.14. The number of rotatable bonds is 3. The quantitative estimate of drug-likeness (QED) is 0.573. The van der Waals surface area contributed by atoms with Gasteiger partial charge in [-0.05, 0) is 12.1 Å². The van der Waals surface area contributed by atoms with Crippen molar-refractivity contribution in [3.63, 3.8) is 0 Å². The number of aromatic hydroxyl groups is 3. The van der Waals surface area contributed by atoms with Gasteiger partial charge >= 0.3 is 0 Å².